The van der Waals surface area contributed by atoms with Crippen molar-refractivity contribution in [2.45, 2.75) is 20.0 Å². The molecule has 3 aromatic carbocycles. The summed E-state index contributed by atoms with van der Waals surface area (Å²) in [7, 11) is 0. The van der Waals surface area contributed by atoms with Crippen molar-refractivity contribution in [3.63, 3.8) is 0 Å². The molecule has 0 N–H and O–H groups in total. The summed E-state index contributed by atoms with van der Waals surface area (Å²) in [6, 6.07) is 23.2. The first-order valence-electron chi connectivity index (χ1n) is 7.91. The summed E-state index contributed by atoms with van der Waals surface area (Å²) in [6.07, 6.45) is 0.912. The molecule has 122 valence electrons. The van der Waals surface area contributed by atoms with Crippen LogP contribution in [0.25, 0.3) is 22.3 Å². The van der Waals surface area contributed by atoms with Crippen molar-refractivity contribution in [2.75, 3.05) is 0 Å². The van der Waals surface area contributed by atoms with E-state index in [1.807, 2.05) is 36.4 Å². The van der Waals surface area contributed by atoms with E-state index in [-0.39, 0.29) is 5.75 Å². The van der Waals surface area contributed by atoms with E-state index in [2.05, 4.69) is 29.9 Å². The second-order valence-electron chi connectivity index (χ2n) is 5.51. The number of hydrogen-bond acceptors (Lipinski definition) is 1. The van der Waals surface area contributed by atoms with Crippen molar-refractivity contribution in [3.05, 3.63) is 78.4 Å². The number of halogens is 2. The van der Waals surface area contributed by atoms with Gasteiger partial charge in [0.15, 0.2) is 0 Å². The molecule has 0 aliphatic heterocycles. The van der Waals surface area contributed by atoms with E-state index in [9.17, 15) is 8.78 Å². The molecule has 0 saturated carbocycles. The summed E-state index contributed by atoms with van der Waals surface area (Å²) < 4.78 is 29.5. The van der Waals surface area contributed by atoms with Gasteiger partial charge in [-0.25, -0.2) is 0 Å². The van der Waals surface area contributed by atoms with Gasteiger partial charge in [0, 0.05) is 0 Å². The van der Waals surface area contributed by atoms with Gasteiger partial charge in [0.05, 0.1) is 0 Å². The molecule has 0 heterocycles. The van der Waals surface area contributed by atoms with Crippen molar-refractivity contribution in [2.24, 2.45) is 0 Å². The van der Waals surface area contributed by atoms with Gasteiger partial charge in [-0.2, -0.15) is 8.78 Å². The van der Waals surface area contributed by atoms with E-state index in [0.717, 1.165) is 28.7 Å². The third kappa shape index (κ3) is 3.62. The number of hydrogen-bond donors (Lipinski definition) is 0. The van der Waals surface area contributed by atoms with Crippen LogP contribution in [0.5, 0.6) is 5.75 Å². The zero-order valence-corrected chi connectivity index (χ0v) is 13.4. The molecule has 0 unspecified atom stereocenters. The Bertz CT molecular complexity index is 813. The Morgan fingerprint density at radius 1 is 0.792 bits per heavy atom. The molecule has 0 amide bonds. The lowest BCUT2D eigenvalue weighted by atomic mass is 9.92. The first-order valence-corrected chi connectivity index (χ1v) is 7.91. The maximum Gasteiger partial charge on any atom is 0.387 e. The van der Waals surface area contributed by atoms with Crippen LogP contribution in [-0.2, 0) is 6.42 Å². The number of benzene rings is 3. The lowest BCUT2D eigenvalue weighted by molar-refractivity contribution is -0.0498. The van der Waals surface area contributed by atoms with Gasteiger partial charge in [-0.3, -0.25) is 0 Å². The Balaban J connectivity index is 2.12. The van der Waals surface area contributed by atoms with Crippen LogP contribution in [0.2, 0.25) is 0 Å². The summed E-state index contributed by atoms with van der Waals surface area (Å²) in [5.74, 6) is 0.170. The molecule has 3 heteroatoms. The van der Waals surface area contributed by atoms with Gasteiger partial charge in [0.2, 0.25) is 0 Å². The zero-order chi connectivity index (χ0) is 16.9. The topological polar surface area (TPSA) is 9.23 Å². The van der Waals surface area contributed by atoms with E-state index in [4.69, 9.17) is 0 Å². The van der Waals surface area contributed by atoms with Crippen LogP contribution in [0.15, 0.2) is 72.8 Å². The lowest BCUT2D eigenvalue weighted by Gasteiger charge is -2.13. The minimum absolute atomic E-state index is 0.170. The van der Waals surface area contributed by atoms with Crippen molar-refractivity contribution in [1.82, 2.24) is 0 Å². The quantitative estimate of drug-likeness (QED) is 0.544. The summed E-state index contributed by atoms with van der Waals surface area (Å²) in [6.45, 7) is -0.728. The van der Waals surface area contributed by atoms with Crippen molar-refractivity contribution < 1.29 is 13.5 Å². The second kappa shape index (κ2) is 7.26. The van der Waals surface area contributed by atoms with Crippen LogP contribution >= 0.6 is 0 Å². The summed E-state index contributed by atoms with van der Waals surface area (Å²) in [5.41, 5.74) is 5.24. The minimum Gasteiger partial charge on any atom is -0.435 e. The Morgan fingerprint density at radius 3 is 2.25 bits per heavy atom. The molecule has 0 radical (unpaired) electrons. The highest BCUT2D eigenvalue weighted by Crippen LogP contribution is 2.34. The molecule has 3 rings (SSSR count). The number of alkyl halides is 2. The monoisotopic (exact) mass is 324 g/mol. The van der Waals surface area contributed by atoms with Crippen LogP contribution in [0.3, 0.4) is 0 Å². The predicted octanol–water partition coefficient (Wildman–Crippen LogP) is 6.18. The molecule has 24 heavy (non-hydrogen) atoms. The SMILES string of the molecule is CCc1ccc(-c2ccccc2)c(-c2cccc(OC(F)F)c2)c1. The smallest absolute Gasteiger partial charge is 0.387 e. The molecule has 0 aromatic heterocycles. The fourth-order valence-corrected chi connectivity index (χ4v) is 2.76. The van der Waals surface area contributed by atoms with Gasteiger partial charge < -0.3 is 4.74 Å². The minimum atomic E-state index is -2.82. The van der Waals surface area contributed by atoms with Gasteiger partial charge in [-0.15, -0.1) is 0 Å². The molecule has 0 spiro atoms. The van der Waals surface area contributed by atoms with Crippen LogP contribution < -0.4 is 4.74 Å². The third-order valence-corrected chi connectivity index (χ3v) is 3.95. The predicted molar refractivity (Wildman–Crippen MR) is 93.3 cm³/mol. The standard InChI is InChI=1S/C21H18F2O/c1-2-15-11-12-19(16-7-4-3-5-8-16)20(13-15)17-9-6-10-18(14-17)24-21(22)23/h3-14,21H,2H2,1H3. The number of ether oxygens (including phenoxy) is 1. The first kappa shape index (κ1) is 16.2. The molecule has 0 aliphatic carbocycles. The average Bonchev–Trinajstić information content (AvgIpc) is 2.61. The van der Waals surface area contributed by atoms with Crippen LogP contribution in [0.1, 0.15) is 12.5 Å². The highest BCUT2D eigenvalue weighted by molar-refractivity contribution is 5.84. The fourth-order valence-electron chi connectivity index (χ4n) is 2.76. The molecule has 0 saturated heterocycles. The van der Waals surface area contributed by atoms with Gasteiger partial charge in [0.1, 0.15) is 5.75 Å². The van der Waals surface area contributed by atoms with Crippen molar-refractivity contribution in [1.29, 1.82) is 0 Å². The van der Waals surface area contributed by atoms with E-state index in [0.29, 0.717) is 0 Å². The van der Waals surface area contributed by atoms with Crippen molar-refractivity contribution >= 4 is 0 Å². The van der Waals surface area contributed by atoms with Crippen molar-refractivity contribution in [3.8, 4) is 28.0 Å². The molecule has 0 aliphatic rings. The zero-order valence-electron chi connectivity index (χ0n) is 13.4. The summed E-state index contributed by atoms with van der Waals surface area (Å²) >= 11 is 0. The molecule has 0 bridgehead atoms. The highest BCUT2D eigenvalue weighted by atomic mass is 19.3. The Kier molecular flexibility index (Phi) is 4.90. The van der Waals surface area contributed by atoms with Gasteiger partial charge in [-0.1, -0.05) is 67.6 Å². The fraction of sp³-hybridized carbons (Fsp3) is 0.143. The number of rotatable bonds is 5. The molecular weight excluding hydrogens is 306 g/mol. The number of aryl methyl sites for hydroxylation is 1. The maximum atomic E-state index is 12.5. The second-order valence-corrected chi connectivity index (χ2v) is 5.51. The van der Waals surface area contributed by atoms with Gasteiger partial charge in [-0.05, 0) is 46.4 Å². The molecule has 0 fully saturated rings. The van der Waals surface area contributed by atoms with Gasteiger partial charge >= 0.3 is 6.61 Å². The molecule has 1 nitrogen and oxygen atoms in total. The van der Waals surface area contributed by atoms with Crippen LogP contribution in [0.4, 0.5) is 8.78 Å². The Labute approximate surface area is 140 Å². The largest absolute Gasteiger partial charge is 0.435 e. The summed E-state index contributed by atoms with van der Waals surface area (Å²) in [4.78, 5) is 0. The van der Waals surface area contributed by atoms with Crippen LogP contribution in [0, 0.1) is 0 Å². The third-order valence-electron chi connectivity index (χ3n) is 3.95. The van der Waals surface area contributed by atoms with E-state index >= 15 is 0 Å². The maximum absolute atomic E-state index is 12.5. The Hall–Kier alpha value is -2.68. The molecule has 0 atom stereocenters. The van der Waals surface area contributed by atoms with E-state index < -0.39 is 6.61 Å². The average molecular weight is 324 g/mol. The first-order chi connectivity index (χ1) is 11.7. The van der Waals surface area contributed by atoms with Crippen LogP contribution in [-0.4, -0.2) is 6.61 Å². The molecular formula is C21H18F2O. The van der Waals surface area contributed by atoms with E-state index in [1.165, 1.54) is 5.56 Å². The van der Waals surface area contributed by atoms with E-state index in [1.54, 1.807) is 18.2 Å². The lowest BCUT2D eigenvalue weighted by Crippen LogP contribution is -2.01. The molecule has 3 aromatic rings. The Morgan fingerprint density at radius 2 is 1.54 bits per heavy atom. The van der Waals surface area contributed by atoms with Gasteiger partial charge in [0.25, 0.3) is 0 Å². The normalized spacial score (nSPS) is 10.8. The highest BCUT2D eigenvalue weighted by Gasteiger charge is 2.11. The summed E-state index contributed by atoms with van der Waals surface area (Å²) in [5, 5.41) is 0.